The topological polar surface area (TPSA) is 67.9 Å². The summed E-state index contributed by atoms with van der Waals surface area (Å²) in [7, 11) is 0. The molecule has 1 N–H and O–H groups in total. The highest BCUT2D eigenvalue weighted by Crippen LogP contribution is 2.31. The second-order valence-electron chi connectivity index (χ2n) is 6.17. The van der Waals surface area contributed by atoms with Gasteiger partial charge in [0, 0.05) is 36.6 Å². The van der Waals surface area contributed by atoms with Crippen molar-refractivity contribution in [2.75, 3.05) is 31.6 Å². The Morgan fingerprint density at radius 2 is 1.92 bits per heavy atom. The molecule has 1 aromatic rings. The molecule has 0 bridgehead atoms. The summed E-state index contributed by atoms with van der Waals surface area (Å²) >= 11 is 5.90. The number of amides is 2. The van der Waals surface area contributed by atoms with Crippen LogP contribution in [0.4, 0.5) is 5.69 Å². The maximum Gasteiger partial charge on any atom is 0.233 e. The van der Waals surface area contributed by atoms with Gasteiger partial charge in [0.1, 0.15) is 6.42 Å². The lowest BCUT2D eigenvalue weighted by Gasteiger charge is -2.37. The maximum absolute atomic E-state index is 12.3. The SMILES string of the molecule is Cc1cc(Cl)ccc1NC(=O)CC(=O)N1CCC2(CC1)OCCO2. The zero-order valence-electron chi connectivity index (χ0n) is 13.6. The largest absolute Gasteiger partial charge is 0.347 e. The molecule has 0 atom stereocenters. The molecule has 6 nitrogen and oxygen atoms in total. The van der Waals surface area contributed by atoms with Gasteiger partial charge in [-0.2, -0.15) is 0 Å². The molecule has 3 rings (SSSR count). The fourth-order valence-electron chi connectivity index (χ4n) is 3.09. The third-order valence-corrected chi connectivity index (χ3v) is 4.70. The van der Waals surface area contributed by atoms with E-state index in [1.807, 2.05) is 6.92 Å². The number of benzene rings is 1. The van der Waals surface area contributed by atoms with Gasteiger partial charge in [0.05, 0.1) is 13.2 Å². The van der Waals surface area contributed by atoms with E-state index in [2.05, 4.69) is 5.32 Å². The average Bonchev–Trinajstić information content (AvgIpc) is 2.99. The van der Waals surface area contributed by atoms with Crippen molar-refractivity contribution in [2.45, 2.75) is 32.0 Å². The zero-order chi connectivity index (χ0) is 17.2. The van der Waals surface area contributed by atoms with E-state index in [4.69, 9.17) is 21.1 Å². The number of carbonyl (C=O) groups excluding carboxylic acids is 2. The summed E-state index contributed by atoms with van der Waals surface area (Å²) in [6.07, 6.45) is 1.13. The first-order valence-electron chi connectivity index (χ1n) is 8.09. The Balaban J connectivity index is 1.50. The van der Waals surface area contributed by atoms with Crippen molar-refractivity contribution < 1.29 is 19.1 Å². The standard InChI is InChI=1S/C17H21ClN2O4/c1-12-10-13(18)2-3-14(12)19-15(21)11-16(22)20-6-4-17(5-7-20)23-8-9-24-17/h2-3,10H,4-9,11H2,1H3,(H,19,21). The van der Waals surface area contributed by atoms with Crippen LogP contribution in [0, 0.1) is 6.92 Å². The summed E-state index contributed by atoms with van der Waals surface area (Å²) in [5.41, 5.74) is 1.53. The molecule has 0 aliphatic carbocycles. The van der Waals surface area contributed by atoms with Crippen molar-refractivity contribution in [1.82, 2.24) is 4.90 Å². The summed E-state index contributed by atoms with van der Waals surface area (Å²) < 4.78 is 11.3. The molecule has 1 aromatic carbocycles. The van der Waals surface area contributed by atoms with Crippen LogP contribution in [0.25, 0.3) is 0 Å². The van der Waals surface area contributed by atoms with E-state index >= 15 is 0 Å². The van der Waals surface area contributed by atoms with Gasteiger partial charge in [-0.05, 0) is 30.7 Å². The molecule has 0 saturated carbocycles. The van der Waals surface area contributed by atoms with Gasteiger partial charge >= 0.3 is 0 Å². The van der Waals surface area contributed by atoms with Gasteiger partial charge in [0.15, 0.2) is 5.79 Å². The number of nitrogens with zero attached hydrogens (tertiary/aromatic N) is 1. The van der Waals surface area contributed by atoms with E-state index in [1.54, 1.807) is 23.1 Å². The van der Waals surface area contributed by atoms with Gasteiger partial charge in [-0.15, -0.1) is 0 Å². The lowest BCUT2D eigenvalue weighted by molar-refractivity contribution is -0.187. The number of aryl methyl sites for hydroxylation is 1. The fraction of sp³-hybridized carbons (Fsp3) is 0.529. The first-order chi connectivity index (χ1) is 11.5. The Labute approximate surface area is 146 Å². The Kier molecular flexibility index (Phi) is 5.08. The first kappa shape index (κ1) is 17.2. The highest BCUT2D eigenvalue weighted by Gasteiger charge is 2.40. The number of hydrogen-bond acceptors (Lipinski definition) is 4. The van der Waals surface area contributed by atoms with Crippen molar-refractivity contribution in [3.8, 4) is 0 Å². The van der Waals surface area contributed by atoms with Gasteiger partial charge in [0.25, 0.3) is 0 Å². The van der Waals surface area contributed by atoms with Crippen LogP contribution in [-0.2, 0) is 19.1 Å². The van der Waals surface area contributed by atoms with Crippen LogP contribution in [0.3, 0.4) is 0 Å². The minimum atomic E-state index is -0.514. The predicted molar refractivity (Wildman–Crippen MR) is 89.9 cm³/mol. The van der Waals surface area contributed by atoms with Crippen LogP contribution in [0.2, 0.25) is 5.02 Å². The number of carbonyl (C=O) groups is 2. The first-order valence-corrected chi connectivity index (χ1v) is 8.47. The second kappa shape index (κ2) is 7.09. The quantitative estimate of drug-likeness (QED) is 0.848. The molecule has 2 amide bonds. The van der Waals surface area contributed by atoms with Crippen molar-refractivity contribution >= 4 is 29.1 Å². The second-order valence-corrected chi connectivity index (χ2v) is 6.61. The van der Waals surface area contributed by atoms with E-state index < -0.39 is 5.79 Å². The van der Waals surface area contributed by atoms with Crippen molar-refractivity contribution in [3.63, 3.8) is 0 Å². The van der Waals surface area contributed by atoms with Gasteiger partial charge in [-0.3, -0.25) is 9.59 Å². The van der Waals surface area contributed by atoms with Crippen LogP contribution in [0.15, 0.2) is 18.2 Å². The number of rotatable bonds is 3. The molecule has 7 heteroatoms. The molecule has 2 aliphatic heterocycles. The molecular formula is C17H21ClN2O4. The number of ether oxygens (including phenoxy) is 2. The number of halogens is 1. The monoisotopic (exact) mass is 352 g/mol. The third-order valence-electron chi connectivity index (χ3n) is 4.47. The number of nitrogens with one attached hydrogen (secondary N) is 1. The Hall–Kier alpha value is -1.63. The number of likely N-dealkylation sites (tertiary alicyclic amines) is 1. The van der Waals surface area contributed by atoms with Crippen LogP contribution in [-0.4, -0.2) is 48.8 Å². The highest BCUT2D eigenvalue weighted by molar-refractivity contribution is 6.30. The lowest BCUT2D eigenvalue weighted by atomic mass is 10.0. The van der Waals surface area contributed by atoms with Crippen molar-refractivity contribution in [1.29, 1.82) is 0 Å². The van der Waals surface area contributed by atoms with Gasteiger partial charge in [0.2, 0.25) is 11.8 Å². The molecule has 2 fully saturated rings. The fourth-order valence-corrected chi connectivity index (χ4v) is 3.32. The molecule has 2 saturated heterocycles. The molecule has 130 valence electrons. The van der Waals surface area contributed by atoms with Crippen molar-refractivity contribution in [3.05, 3.63) is 28.8 Å². The predicted octanol–water partition coefficient (Wildman–Crippen LogP) is 2.34. The van der Waals surface area contributed by atoms with Gasteiger partial charge in [-0.1, -0.05) is 11.6 Å². The Morgan fingerprint density at radius 1 is 1.25 bits per heavy atom. The summed E-state index contributed by atoms with van der Waals surface area (Å²) in [4.78, 5) is 26.1. The molecule has 0 unspecified atom stereocenters. The number of anilines is 1. The average molecular weight is 353 g/mol. The molecular weight excluding hydrogens is 332 g/mol. The smallest absolute Gasteiger partial charge is 0.233 e. The molecule has 2 heterocycles. The highest BCUT2D eigenvalue weighted by atomic mass is 35.5. The zero-order valence-corrected chi connectivity index (χ0v) is 14.4. The van der Waals surface area contributed by atoms with E-state index in [0.717, 1.165) is 5.56 Å². The Morgan fingerprint density at radius 3 is 2.54 bits per heavy atom. The summed E-state index contributed by atoms with van der Waals surface area (Å²) in [6.45, 7) is 4.17. The minimum absolute atomic E-state index is 0.170. The normalized spacial score (nSPS) is 19.5. The van der Waals surface area contributed by atoms with Crippen LogP contribution >= 0.6 is 11.6 Å². The summed E-state index contributed by atoms with van der Waals surface area (Å²) in [5, 5.41) is 3.37. The van der Waals surface area contributed by atoms with E-state index in [-0.39, 0.29) is 18.2 Å². The number of hydrogen-bond donors (Lipinski definition) is 1. The van der Waals surface area contributed by atoms with Crippen LogP contribution in [0.5, 0.6) is 0 Å². The van der Waals surface area contributed by atoms with E-state index in [9.17, 15) is 9.59 Å². The van der Waals surface area contributed by atoms with Gasteiger partial charge < -0.3 is 19.7 Å². The van der Waals surface area contributed by atoms with Crippen LogP contribution in [0.1, 0.15) is 24.8 Å². The maximum atomic E-state index is 12.3. The van der Waals surface area contributed by atoms with E-state index in [1.165, 1.54) is 0 Å². The molecule has 24 heavy (non-hydrogen) atoms. The molecule has 1 spiro atoms. The van der Waals surface area contributed by atoms with Crippen LogP contribution < -0.4 is 5.32 Å². The third kappa shape index (κ3) is 3.88. The van der Waals surface area contributed by atoms with Crippen molar-refractivity contribution in [2.24, 2.45) is 0 Å². The summed E-state index contributed by atoms with van der Waals surface area (Å²) in [5.74, 6) is -1.01. The summed E-state index contributed by atoms with van der Waals surface area (Å²) in [6, 6.07) is 5.21. The number of piperidine rings is 1. The molecule has 2 aliphatic rings. The Bertz CT molecular complexity index is 633. The van der Waals surface area contributed by atoms with Gasteiger partial charge in [-0.25, -0.2) is 0 Å². The lowest BCUT2D eigenvalue weighted by Crippen LogP contribution is -2.47. The van der Waals surface area contributed by atoms with E-state index in [0.29, 0.717) is 49.9 Å². The minimum Gasteiger partial charge on any atom is -0.347 e. The molecule has 0 radical (unpaired) electrons. The molecule has 0 aromatic heterocycles.